The molecule has 0 fully saturated rings. The second-order valence-corrected chi connectivity index (χ2v) is 3.81. The molecule has 1 aromatic carbocycles. The van der Waals surface area contributed by atoms with E-state index in [2.05, 4.69) is 10.3 Å². The van der Waals surface area contributed by atoms with Gasteiger partial charge in [-0.05, 0) is 14.0 Å². The summed E-state index contributed by atoms with van der Waals surface area (Å²) in [5.74, 6) is -1.70. The standard InChI is InChI=1S/C11H13F2N3/c1-7(5-14-2)16-6-15-10-3-8(12)9(13)4-11(10)16/h3-4,6-7,14H,5H2,1-2H3. The fourth-order valence-corrected chi connectivity index (χ4v) is 1.77. The molecule has 0 bridgehead atoms. The molecule has 5 heteroatoms. The molecule has 2 aromatic rings. The van der Waals surface area contributed by atoms with E-state index < -0.39 is 11.6 Å². The first-order valence-electron chi connectivity index (χ1n) is 5.09. The van der Waals surface area contributed by atoms with Gasteiger partial charge in [0.2, 0.25) is 0 Å². The first kappa shape index (κ1) is 11.0. The Bertz CT molecular complexity index is 507. The van der Waals surface area contributed by atoms with Crippen LogP contribution < -0.4 is 5.32 Å². The van der Waals surface area contributed by atoms with Gasteiger partial charge in [0.1, 0.15) is 0 Å². The zero-order chi connectivity index (χ0) is 11.7. The fourth-order valence-electron chi connectivity index (χ4n) is 1.77. The number of halogens is 2. The van der Waals surface area contributed by atoms with E-state index in [1.54, 1.807) is 6.33 Å². The summed E-state index contributed by atoms with van der Waals surface area (Å²) < 4.78 is 27.9. The van der Waals surface area contributed by atoms with E-state index >= 15 is 0 Å². The van der Waals surface area contributed by atoms with E-state index in [9.17, 15) is 8.78 Å². The van der Waals surface area contributed by atoms with Crippen LogP contribution in [0.5, 0.6) is 0 Å². The molecular weight excluding hydrogens is 212 g/mol. The zero-order valence-electron chi connectivity index (χ0n) is 9.17. The largest absolute Gasteiger partial charge is 0.326 e. The van der Waals surface area contributed by atoms with Crippen LogP contribution in [0.4, 0.5) is 8.78 Å². The van der Waals surface area contributed by atoms with E-state index in [1.165, 1.54) is 6.07 Å². The van der Waals surface area contributed by atoms with Crippen molar-refractivity contribution in [3.8, 4) is 0 Å². The van der Waals surface area contributed by atoms with Crippen molar-refractivity contribution >= 4 is 11.0 Å². The fraction of sp³-hybridized carbons (Fsp3) is 0.364. The lowest BCUT2D eigenvalue weighted by atomic mass is 10.2. The van der Waals surface area contributed by atoms with Crippen molar-refractivity contribution in [2.24, 2.45) is 0 Å². The second-order valence-electron chi connectivity index (χ2n) is 3.81. The van der Waals surface area contributed by atoms with E-state index in [0.29, 0.717) is 11.0 Å². The predicted molar refractivity (Wildman–Crippen MR) is 58.3 cm³/mol. The zero-order valence-corrected chi connectivity index (χ0v) is 9.17. The SMILES string of the molecule is CNCC(C)n1cnc2cc(F)c(F)cc21. The average Bonchev–Trinajstić information content (AvgIpc) is 2.62. The minimum absolute atomic E-state index is 0.139. The molecule has 2 rings (SSSR count). The number of likely N-dealkylation sites (N-methyl/N-ethyl adjacent to an activating group) is 1. The molecule has 0 spiro atoms. The highest BCUT2D eigenvalue weighted by atomic mass is 19.2. The maximum atomic E-state index is 13.1. The van der Waals surface area contributed by atoms with Gasteiger partial charge in [0.15, 0.2) is 11.6 Å². The highest BCUT2D eigenvalue weighted by Crippen LogP contribution is 2.20. The molecule has 0 aliphatic heterocycles. The van der Waals surface area contributed by atoms with Crippen molar-refractivity contribution in [2.75, 3.05) is 13.6 Å². The van der Waals surface area contributed by atoms with Gasteiger partial charge in [0, 0.05) is 24.7 Å². The Hall–Kier alpha value is -1.49. The lowest BCUT2D eigenvalue weighted by molar-refractivity contribution is 0.506. The normalized spacial score (nSPS) is 13.2. The molecule has 0 radical (unpaired) electrons. The van der Waals surface area contributed by atoms with Gasteiger partial charge in [-0.25, -0.2) is 13.8 Å². The van der Waals surface area contributed by atoms with Crippen LogP contribution in [0, 0.1) is 11.6 Å². The van der Waals surface area contributed by atoms with Gasteiger partial charge in [-0.15, -0.1) is 0 Å². The molecule has 0 saturated heterocycles. The average molecular weight is 225 g/mol. The van der Waals surface area contributed by atoms with Crippen LogP contribution in [0.1, 0.15) is 13.0 Å². The van der Waals surface area contributed by atoms with Crippen molar-refractivity contribution in [1.29, 1.82) is 0 Å². The van der Waals surface area contributed by atoms with Crippen molar-refractivity contribution in [3.63, 3.8) is 0 Å². The third-order valence-electron chi connectivity index (χ3n) is 2.59. The first-order chi connectivity index (χ1) is 7.63. The van der Waals surface area contributed by atoms with E-state index in [0.717, 1.165) is 12.6 Å². The summed E-state index contributed by atoms with van der Waals surface area (Å²) in [6, 6.07) is 2.44. The topological polar surface area (TPSA) is 29.9 Å². The molecule has 0 saturated carbocycles. The van der Waals surface area contributed by atoms with Gasteiger partial charge < -0.3 is 9.88 Å². The van der Waals surface area contributed by atoms with Crippen LogP contribution in [0.2, 0.25) is 0 Å². The molecule has 86 valence electrons. The molecule has 1 atom stereocenters. The van der Waals surface area contributed by atoms with E-state index in [1.807, 2.05) is 18.5 Å². The van der Waals surface area contributed by atoms with Gasteiger partial charge in [-0.1, -0.05) is 0 Å². The minimum Gasteiger partial charge on any atom is -0.326 e. The quantitative estimate of drug-likeness (QED) is 0.866. The lowest BCUT2D eigenvalue weighted by Crippen LogP contribution is -2.19. The highest BCUT2D eigenvalue weighted by Gasteiger charge is 2.12. The molecule has 0 amide bonds. The summed E-state index contributed by atoms with van der Waals surface area (Å²) in [5.41, 5.74) is 1.09. The van der Waals surface area contributed by atoms with Crippen LogP contribution in [0.25, 0.3) is 11.0 Å². The predicted octanol–water partition coefficient (Wildman–Crippen LogP) is 2.09. The summed E-state index contributed by atoms with van der Waals surface area (Å²) in [5, 5.41) is 3.03. The van der Waals surface area contributed by atoms with Crippen LogP contribution in [0.3, 0.4) is 0 Å². The van der Waals surface area contributed by atoms with Crippen LogP contribution >= 0.6 is 0 Å². The summed E-state index contributed by atoms with van der Waals surface area (Å²) in [6.45, 7) is 2.73. The Morgan fingerprint density at radius 1 is 1.38 bits per heavy atom. The molecule has 0 aliphatic rings. The van der Waals surface area contributed by atoms with Gasteiger partial charge in [0.25, 0.3) is 0 Å². The summed E-state index contributed by atoms with van der Waals surface area (Å²) in [7, 11) is 1.84. The number of nitrogens with one attached hydrogen (secondary N) is 1. The minimum atomic E-state index is -0.862. The van der Waals surface area contributed by atoms with Gasteiger partial charge >= 0.3 is 0 Å². The summed E-state index contributed by atoms with van der Waals surface area (Å²) in [6.07, 6.45) is 1.60. The number of hydrogen-bond acceptors (Lipinski definition) is 2. The molecule has 1 N–H and O–H groups in total. The molecule has 1 aromatic heterocycles. The van der Waals surface area contributed by atoms with Crippen molar-refractivity contribution in [3.05, 3.63) is 30.1 Å². The Kier molecular flexibility index (Phi) is 2.87. The Morgan fingerprint density at radius 2 is 2.06 bits per heavy atom. The molecule has 3 nitrogen and oxygen atoms in total. The maximum Gasteiger partial charge on any atom is 0.161 e. The molecule has 1 unspecified atom stereocenters. The summed E-state index contributed by atoms with van der Waals surface area (Å²) >= 11 is 0. The number of aromatic nitrogens is 2. The smallest absolute Gasteiger partial charge is 0.161 e. The number of hydrogen-bond donors (Lipinski definition) is 1. The van der Waals surface area contributed by atoms with Crippen LogP contribution in [-0.4, -0.2) is 23.1 Å². The second kappa shape index (κ2) is 4.17. The van der Waals surface area contributed by atoms with Gasteiger partial charge in [-0.2, -0.15) is 0 Å². The van der Waals surface area contributed by atoms with Crippen LogP contribution in [-0.2, 0) is 0 Å². The number of imidazole rings is 1. The number of benzene rings is 1. The number of fused-ring (bicyclic) bond motifs is 1. The van der Waals surface area contributed by atoms with Crippen molar-refractivity contribution < 1.29 is 8.78 Å². The van der Waals surface area contributed by atoms with Crippen LogP contribution in [0.15, 0.2) is 18.5 Å². The summed E-state index contributed by atoms with van der Waals surface area (Å²) in [4.78, 5) is 4.05. The molecular formula is C11H13F2N3. The monoisotopic (exact) mass is 225 g/mol. The molecule has 1 heterocycles. The van der Waals surface area contributed by atoms with E-state index in [4.69, 9.17) is 0 Å². The third-order valence-corrected chi connectivity index (χ3v) is 2.59. The Labute approximate surface area is 92.1 Å². The van der Waals surface area contributed by atoms with Crippen molar-refractivity contribution in [2.45, 2.75) is 13.0 Å². The van der Waals surface area contributed by atoms with Gasteiger partial charge in [0.05, 0.1) is 17.4 Å². The Morgan fingerprint density at radius 3 is 2.75 bits per heavy atom. The highest BCUT2D eigenvalue weighted by molar-refractivity contribution is 5.75. The van der Waals surface area contributed by atoms with Crippen molar-refractivity contribution in [1.82, 2.24) is 14.9 Å². The molecule has 0 aliphatic carbocycles. The first-order valence-corrected chi connectivity index (χ1v) is 5.09. The number of nitrogens with zero attached hydrogens (tertiary/aromatic N) is 2. The maximum absolute atomic E-state index is 13.1. The van der Waals surface area contributed by atoms with Gasteiger partial charge in [-0.3, -0.25) is 0 Å². The molecule has 16 heavy (non-hydrogen) atoms. The van der Waals surface area contributed by atoms with E-state index in [-0.39, 0.29) is 6.04 Å². The third kappa shape index (κ3) is 1.78. The Balaban J connectivity index is 2.51. The lowest BCUT2D eigenvalue weighted by Gasteiger charge is -2.13. The number of rotatable bonds is 3.